The second kappa shape index (κ2) is 8.76. The first-order chi connectivity index (χ1) is 12.6. The highest BCUT2D eigenvalue weighted by Gasteiger charge is 2.21. The van der Waals surface area contributed by atoms with E-state index in [1.165, 1.54) is 6.33 Å². The summed E-state index contributed by atoms with van der Waals surface area (Å²) in [4.78, 5) is 23.2. The van der Waals surface area contributed by atoms with Crippen LogP contribution in [0.5, 0.6) is 0 Å². The summed E-state index contributed by atoms with van der Waals surface area (Å²) in [5.74, 6) is 0.564. The van der Waals surface area contributed by atoms with E-state index in [9.17, 15) is 4.79 Å². The van der Waals surface area contributed by atoms with Crippen molar-refractivity contribution in [2.45, 2.75) is 45.4 Å². The molecule has 1 atom stereocenters. The van der Waals surface area contributed by atoms with Gasteiger partial charge < -0.3 is 15.0 Å². The number of carbonyl (C=O) groups excluding carboxylic acids is 1. The van der Waals surface area contributed by atoms with Gasteiger partial charge in [0.05, 0.1) is 6.10 Å². The van der Waals surface area contributed by atoms with E-state index in [0.29, 0.717) is 24.6 Å². The Hall–Kier alpha value is -2.47. The van der Waals surface area contributed by atoms with Crippen molar-refractivity contribution in [2.24, 2.45) is 0 Å². The quantitative estimate of drug-likeness (QED) is 0.827. The standard InChI is InChI=1S/C20H26N4O2/c1-15(2)24(13-16-7-4-3-5-8-16)20(25)18-11-19(23-14-22-18)21-12-17-9-6-10-26-17/h3-5,7-8,11,14-15,17H,6,9-10,12-13H2,1-2H3,(H,21,22,23). The maximum absolute atomic E-state index is 13.0. The van der Waals surface area contributed by atoms with Crippen LogP contribution in [0.1, 0.15) is 42.7 Å². The Labute approximate surface area is 154 Å². The highest BCUT2D eigenvalue weighted by molar-refractivity contribution is 5.93. The largest absolute Gasteiger partial charge is 0.376 e. The van der Waals surface area contributed by atoms with Crippen LogP contribution in [-0.2, 0) is 11.3 Å². The number of nitrogens with one attached hydrogen (secondary N) is 1. The number of nitrogens with zero attached hydrogens (tertiary/aromatic N) is 3. The average Bonchev–Trinajstić information content (AvgIpc) is 3.18. The number of hydrogen-bond acceptors (Lipinski definition) is 5. The summed E-state index contributed by atoms with van der Waals surface area (Å²) in [5.41, 5.74) is 1.50. The van der Waals surface area contributed by atoms with Crippen LogP contribution in [0.3, 0.4) is 0 Å². The van der Waals surface area contributed by atoms with Gasteiger partial charge in [0, 0.05) is 31.8 Å². The zero-order chi connectivity index (χ0) is 18.4. The molecular formula is C20H26N4O2. The van der Waals surface area contributed by atoms with Crippen molar-refractivity contribution in [3.05, 3.63) is 54.0 Å². The van der Waals surface area contributed by atoms with Crippen LogP contribution >= 0.6 is 0 Å². The molecule has 1 aromatic heterocycles. The molecule has 1 aliphatic rings. The molecule has 1 fully saturated rings. The molecule has 0 radical (unpaired) electrons. The van der Waals surface area contributed by atoms with E-state index in [1.807, 2.05) is 49.1 Å². The van der Waals surface area contributed by atoms with Gasteiger partial charge in [-0.15, -0.1) is 0 Å². The number of carbonyl (C=O) groups is 1. The second-order valence-corrected chi connectivity index (χ2v) is 6.82. The predicted octanol–water partition coefficient (Wildman–Crippen LogP) is 3.12. The fourth-order valence-corrected chi connectivity index (χ4v) is 3.01. The normalized spacial score (nSPS) is 16.7. The molecule has 0 bridgehead atoms. The van der Waals surface area contributed by atoms with Crippen LogP contribution in [0, 0.1) is 0 Å². The minimum Gasteiger partial charge on any atom is -0.376 e. The smallest absolute Gasteiger partial charge is 0.273 e. The lowest BCUT2D eigenvalue weighted by molar-refractivity contribution is 0.0684. The van der Waals surface area contributed by atoms with Crippen molar-refractivity contribution in [1.82, 2.24) is 14.9 Å². The Morgan fingerprint density at radius 3 is 2.81 bits per heavy atom. The number of amides is 1. The van der Waals surface area contributed by atoms with Gasteiger partial charge in [-0.25, -0.2) is 9.97 Å². The van der Waals surface area contributed by atoms with Crippen molar-refractivity contribution in [1.29, 1.82) is 0 Å². The summed E-state index contributed by atoms with van der Waals surface area (Å²) in [6.07, 6.45) is 3.81. The molecule has 1 saturated heterocycles. The van der Waals surface area contributed by atoms with Crippen molar-refractivity contribution in [3.63, 3.8) is 0 Å². The van der Waals surface area contributed by atoms with E-state index >= 15 is 0 Å². The lowest BCUT2D eigenvalue weighted by atomic mass is 10.1. The second-order valence-electron chi connectivity index (χ2n) is 6.82. The molecule has 1 unspecified atom stereocenters. The van der Waals surface area contributed by atoms with E-state index in [0.717, 1.165) is 25.0 Å². The molecule has 6 nitrogen and oxygen atoms in total. The van der Waals surface area contributed by atoms with Crippen LogP contribution in [-0.4, -0.2) is 46.1 Å². The van der Waals surface area contributed by atoms with Crippen LogP contribution in [0.15, 0.2) is 42.7 Å². The fraction of sp³-hybridized carbons (Fsp3) is 0.450. The summed E-state index contributed by atoms with van der Waals surface area (Å²) in [6, 6.07) is 11.8. The Balaban J connectivity index is 1.69. The third-order valence-corrected chi connectivity index (χ3v) is 4.50. The highest BCUT2D eigenvalue weighted by Crippen LogP contribution is 2.15. The molecule has 0 saturated carbocycles. The first-order valence-electron chi connectivity index (χ1n) is 9.16. The molecular weight excluding hydrogens is 328 g/mol. The monoisotopic (exact) mass is 354 g/mol. The minimum atomic E-state index is -0.0913. The van der Waals surface area contributed by atoms with E-state index in [2.05, 4.69) is 15.3 Å². The first kappa shape index (κ1) is 18.3. The Morgan fingerprint density at radius 2 is 2.12 bits per heavy atom. The Morgan fingerprint density at radius 1 is 1.31 bits per heavy atom. The molecule has 1 aromatic carbocycles. The predicted molar refractivity (Wildman–Crippen MR) is 101 cm³/mol. The van der Waals surface area contributed by atoms with Crippen LogP contribution in [0.4, 0.5) is 5.82 Å². The number of ether oxygens (including phenoxy) is 1. The first-order valence-corrected chi connectivity index (χ1v) is 9.16. The maximum atomic E-state index is 13.0. The van der Waals surface area contributed by atoms with Gasteiger partial charge in [0.1, 0.15) is 17.8 Å². The van der Waals surface area contributed by atoms with Crippen LogP contribution in [0.25, 0.3) is 0 Å². The zero-order valence-corrected chi connectivity index (χ0v) is 15.4. The van der Waals surface area contributed by atoms with Crippen LogP contribution < -0.4 is 5.32 Å². The molecule has 3 rings (SSSR count). The summed E-state index contributed by atoms with van der Waals surface area (Å²) >= 11 is 0. The summed E-state index contributed by atoms with van der Waals surface area (Å²) in [6.45, 7) is 6.10. The highest BCUT2D eigenvalue weighted by atomic mass is 16.5. The summed E-state index contributed by atoms with van der Waals surface area (Å²) in [5, 5.41) is 3.25. The van der Waals surface area contributed by atoms with Gasteiger partial charge in [-0.3, -0.25) is 4.79 Å². The van der Waals surface area contributed by atoms with Crippen molar-refractivity contribution in [3.8, 4) is 0 Å². The van der Waals surface area contributed by atoms with Gasteiger partial charge in [0.15, 0.2) is 0 Å². The molecule has 2 heterocycles. The van der Waals surface area contributed by atoms with Gasteiger partial charge in [0.2, 0.25) is 0 Å². The third kappa shape index (κ3) is 4.79. The molecule has 2 aromatic rings. The van der Waals surface area contributed by atoms with Crippen molar-refractivity contribution < 1.29 is 9.53 Å². The van der Waals surface area contributed by atoms with Crippen molar-refractivity contribution >= 4 is 11.7 Å². The summed E-state index contributed by atoms with van der Waals surface area (Å²) < 4.78 is 5.61. The Kier molecular flexibility index (Phi) is 6.17. The number of aromatic nitrogens is 2. The van der Waals surface area contributed by atoms with Crippen LogP contribution in [0.2, 0.25) is 0 Å². The maximum Gasteiger partial charge on any atom is 0.273 e. The van der Waals surface area contributed by atoms with Gasteiger partial charge in [-0.1, -0.05) is 30.3 Å². The molecule has 26 heavy (non-hydrogen) atoms. The molecule has 0 spiro atoms. The topological polar surface area (TPSA) is 67.4 Å². The molecule has 1 amide bonds. The van der Waals surface area contributed by atoms with Gasteiger partial charge in [-0.2, -0.15) is 0 Å². The van der Waals surface area contributed by atoms with Crippen molar-refractivity contribution in [2.75, 3.05) is 18.5 Å². The van der Waals surface area contributed by atoms with Gasteiger partial charge in [-0.05, 0) is 32.3 Å². The molecule has 6 heteroatoms. The molecule has 138 valence electrons. The third-order valence-electron chi connectivity index (χ3n) is 4.50. The molecule has 0 aliphatic carbocycles. The Bertz CT molecular complexity index is 715. The van der Waals surface area contributed by atoms with E-state index in [-0.39, 0.29) is 18.1 Å². The van der Waals surface area contributed by atoms with E-state index < -0.39 is 0 Å². The van der Waals surface area contributed by atoms with E-state index in [1.54, 1.807) is 6.07 Å². The lowest BCUT2D eigenvalue weighted by Gasteiger charge is -2.26. The lowest BCUT2D eigenvalue weighted by Crippen LogP contribution is -2.37. The average molecular weight is 354 g/mol. The number of hydrogen-bond donors (Lipinski definition) is 1. The number of benzene rings is 1. The minimum absolute atomic E-state index is 0.0703. The molecule has 1 aliphatic heterocycles. The zero-order valence-electron chi connectivity index (χ0n) is 15.4. The van der Waals surface area contributed by atoms with E-state index in [4.69, 9.17) is 4.74 Å². The number of anilines is 1. The molecule has 1 N–H and O–H groups in total. The van der Waals surface area contributed by atoms with Gasteiger partial charge in [0.25, 0.3) is 5.91 Å². The SMILES string of the molecule is CC(C)N(Cc1ccccc1)C(=O)c1cc(NCC2CCCO2)ncn1. The number of rotatable bonds is 7. The summed E-state index contributed by atoms with van der Waals surface area (Å²) in [7, 11) is 0. The van der Waals surface area contributed by atoms with Gasteiger partial charge >= 0.3 is 0 Å². The fourth-order valence-electron chi connectivity index (χ4n) is 3.01.